The molecule has 3 rings (SSSR count). The molecule has 170 valence electrons. The summed E-state index contributed by atoms with van der Waals surface area (Å²) in [5, 5.41) is 12.1. The van der Waals surface area contributed by atoms with E-state index in [1.54, 1.807) is 7.11 Å². The topological polar surface area (TPSA) is 51.2 Å². The first-order valence-electron chi connectivity index (χ1n) is 10.0. The molecule has 2 aromatic rings. The number of hydrogen-bond donors (Lipinski definition) is 1. The zero-order valence-corrected chi connectivity index (χ0v) is 17.9. The molecule has 0 aromatic heterocycles. The molecule has 0 bridgehead atoms. The van der Waals surface area contributed by atoms with Crippen LogP contribution in [0.5, 0.6) is 5.75 Å². The van der Waals surface area contributed by atoms with Crippen LogP contribution >= 0.6 is 0 Å². The number of hydrogen-bond acceptors (Lipinski definition) is 5. The second-order valence-corrected chi connectivity index (χ2v) is 8.26. The van der Waals surface area contributed by atoms with Crippen molar-refractivity contribution in [2.24, 2.45) is 5.41 Å². The number of halogens is 3. The van der Waals surface area contributed by atoms with Gasteiger partial charge in [-0.25, -0.2) is 0 Å². The monoisotopic (exact) mass is 439 g/mol. The minimum atomic E-state index is -4.77. The molecule has 8 heteroatoms. The maximum absolute atomic E-state index is 12.5. The van der Waals surface area contributed by atoms with Gasteiger partial charge in [0.25, 0.3) is 0 Å². The molecule has 1 saturated heterocycles. The number of likely N-dealkylation sites (tertiary alicyclic amines) is 1. The van der Waals surface area contributed by atoms with Crippen LogP contribution in [0.1, 0.15) is 23.6 Å². The van der Waals surface area contributed by atoms with E-state index in [1.807, 2.05) is 38.2 Å². The molecule has 0 aliphatic carbocycles. The third-order valence-electron chi connectivity index (χ3n) is 5.66. The molecule has 0 amide bonds. The van der Waals surface area contributed by atoms with Crippen molar-refractivity contribution in [1.29, 1.82) is 0 Å². The van der Waals surface area contributed by atoms with Gasteiger partial charge >= 0.3 is 6.36 Å². The molecule has 1 aliphatic heterocycles. The lowest BCUT2D eigenvalue weighted by atomic mass is 9.62. The molecule has 5 nitrogen and oxygen atoms in total. The minimum absolute atomic E-state index is 0.324. The maximum Gasteiger partial charge on any atom is 0.573 e. The fraction of sp³-hybridized carbons (Fsp3) is 0.478. The largest absolute Gasteiger partial charge is 0.573 e. The number of benzene rings is 2. The fourth-order valence-corrected chi connectivity index (χ4v) is 4.35. The Bertz CT molecular complexity index is 866. The second-order valence-electron chi connectivity index (χ2n) is 8.26. The summed E-state index contributed by atoms with van der Waals surface area (Å²) in [6.45, 7) is 4.56. The van der Waals surface area contributed by atoms with Gasteiger partial charge in [0.2, 0.25) is 0 Å². The standard InChI is InChI=1S/C23H28F3NO4/c1-21(15-27(2)16-21)22(28,18-7-9-20(10-8-18)31-23(24,25)26)19-6-4-5-17(13-19)14-30-12-11-29-3/h4-10,13,28H,11-12,14-16H2,1-3H3/t22-/m0/s1. The highest BCUT2D eigenvalue weighted by Gasteiger charge is 2.55. The first-order valence-corrected chi connectivity index (χ1v) is 10.0. The Morgan fingerprint density at radius 2 is 1.71 bits per heavy atom. The van der Waals surface area contributed by atoms with Crippen molar-refractivity contribution < 1.29 is 32.5 Å². The van der Waals surface area contributed by atoms with Gasteiger partial charge in [0.15, 0.2) is 0 Å². The lowest BCUT2D eigenvalue weighted by molar-refractivity contribution is -0.274. The highest BCUT2D eigenvalue weighted by Crippen LogP contribution is 2.50. The molecule has 1 N–H and O–H groups in total. The summed E-state index contributed by atoms with van der Waals surface area (Å²) < 4.78 is 52.2. The van der Waals surface area contributed by atoms with Gasteiger partial charge in [-0.3, -0.25) is 0 Å². The van der Waals surface area contributed by atoms with E-state index >= 15 is 0 Å². The number of rotatable bonds is 9. The molecule has 1 fully saturated rings. The molecule has 1 aliphatic rings. The van der Waals surface area contributed by atoms with Crippen LogP contribution in [0, 0.1) is 5.41 Å². The highest BCUT2D eigenvalue weighted by molar-refractivity contribution is 5.43. The van der Waals surface area contributed by atoms with Gasteiger partial charge in [-0.05, 0) is 35.9 Å². The Morgan fingerprint density at radius 1 is 1.03 bits per heavy atom. The van der Waals surface area contributed by atoms with E-state index in [2.05, 4.69) is 9.64 Å². The molecule has 0 spiro atoms. The zero-order chi connectivity index (χ0) is 22.7. The maximum atomic E-state index is 12.5. The van der Waals surface area contributed by atoms with Crippen LogP contribution in [-0.4, -0.2) is 56.8 Å². The first kappa shape index (κ1) is 23.5. The van der Waals surface area contributed by atoms with E-state index < -0.39 is 17.4 Å². The van der Waals surface area contributed by atoms with Gasteiger partial charge in [-0.2, -0.15) is 0 Å². The van der Waals surface area contributed by atoms with Gasteiger partial charge in [-0.1, -0.05) is 43.3 Å². The molecule has 0 radical (unpaired) electrons. The van der Waals surface area contributed by atoms with Crippen molar-refractivity contribution in [2.75, 3.05) is 40.5 Å². The molecule has 1 atom stereocenters. The summed E-state index contributed by atoms with van der Waals surface area (Å²) in [4.78, 5) is 2.09. The minimum Gasteiger partial charge on any atom is -0.406 e. The van der Waals surface area contributed by atoms with Gasteiger partial charge in [0.1, 0.15) is 11.4 Å². The third-order valence-corrected chi connectivity index (χ3v) is 5.66. The smallest absolute Gasteiger partial charge is 0.406 e. The van der Waals surface area contributed by atoms with Crippen molar-refractivity contribution in [3.63, 3.8) is 0 Å². The summed E-state index contributed by atoms with van der Waals surface area (Å²) >= 11 is 0. The van der Waals surface area contributed by atoms with Gasteiger partial charge < -0.3 is 24.2 Å². The van der Waals surface area contributed by atoms with Crippen molar-refractivity contribution >= 4 is 0 Å². The van der Waals surface area contributed by atoms with Crippen LogP contribution < -0.4 is 4.74 Å². The van der Waals surface area contributed by atoms with E-state index in [9.17, 15) is 18.3 Å². The molecular weight excluding hydrogens is 411 g/mol. The summed E-state index contributed by atoms with van der Waals surface area (Å²) in [5.41, 5.74) is 0.138. The molecular formula is C23H28F3NO4. The van der Waals surface area contributed by atoms with Crippen LogP contribution in [0.4, 0.5) is 13.2 Å². The predicted molar refractivity (Wildman–Crippen MR) is 110 cm³/mol. The number of aliphatic hydroxyl groups is 1. The zero-order valence-electron chi connectivity index (χ0n) is 17.9. The number of nitrogens with zero attached hydrogens (tertiary/aromatic N) is 1. The van der Waals surface area contributed by atoms with Crippen LogP contribution in [-0.2, 0) is 21.7 Å². The van der Waals surface area contributed by atoms with Gasteiger partial charge in [0.05, 0.1) is 19.8 Å². The van der Waals surface area contributed by atoms with E-state index in [4.69, 9.17) is 9.47 Å². The van der Waals surface area contributed by atoms with Gasteiger partial charge in [0, 0.05) is 25.6 Å². The van der Waals surface area contributed by atoms with E-state index in [-0.39, 0.29) is 5.75 Å². The fourth-order valence-electron chi connectivity index (χ4n) is 4.35. The number of alkyl halides is 3. The van der Waals surface area contributed by atoms with Crippen LogP contribution in [0.15, 0.2) is 48.5 Å². The Balaban J connectivity index is 1.94. The van der Waals surface area contributed by atoms with Crippen molar-refractivity contribution in [1.82, 2.24) is 4.90 Å². The predicted octanol–water partition coefficient (Wildman–Crippen LogP) is 3.94. The highest BCUT2D eigenvalue weighted by atomic mass is 19.4. The summed E-state index contributed by atoms with van der Waals surface area (Å²) in [6, 6.07) is 12.9. The molecule has 31 heavy (non-hydrogen) atoms. The molecule has 1 heterocycles. The van der Waals surface area contributed by atoms with E-state index in [0.717, 1.165) is 5.56 Å². The van der Waals surface area contributed by atoms with Crippen molar-refractivity contribution in [3.05, 3.63) is 65.2 Å². The van der Waals surface area contributed by atoms with E-state index in [1.165, 1.54) is 24.3 Å². The molecule has 2 aromatic carbocycles. The lowest BCUT2D eigenvalue weighted by Crippen LogP contribution is -2.63. The second kappa shape index (κ2) is 9.16. The van der Waals surface area contributed by atoms with Gasteiger partial charge in [-0.15, -0.1) is 13.2 Å². The van der Waals surface area contributed by atoms with E-state index in [0.29, 0.717) is 44.0 Å². The Morgan fingerprint density at radius 3 is 2.29 bits per heavy atom. The third kappa shape index (κ3) is 5.20. The van der Waals surface area contributed by atoms with Crippen molar-refractivity contribution in [2.45, 2.75) is 25.5 Å². The summed E-state index contributed by atoms with van der Waals surface area (Å²) in [7, 11) is 3.56. The average Bonchev–Trinajstić information content (AvgIpc) is 2.69. The number of ether oxygens (including phenoxy) is 3. The molecule has 0 saturated carbocycles. The Hall–Kier alpha value is -2.13. The summed E-state index contributed by atoms with van der Waals surface area (Å²) in [5.74, 6) is -0.324. The van der Waals surface area contributed by atoms with Crippen LogP contribution in [0.2, 0.25) is 0 Å². The summed E-state index contributed by atoms with van der Waals surface area (Å²) in [6.07, 6.45) is -4.77. The molecule has 0 unspecified atom stereocenters. The van der Waals surface area contributed by atoms with Crippen LogP contribution in [0.3, 0.4) is 0 Å². The first-order chi connectivity index (χ1) is 14.6. The Kier molecular flexibility index (Phi) is 6.95. The quantitative estimate of drug-likeness (QED) is 0.600. The van der Waals surface area contributed by atoms with Crippen LogP contribution in [0.25, 0.3) is 0 Å². The SMILES string of the molecule is COCCOCc1cccc([C@@](O)(c2ccc(OC(F)(F)F)cc2)C2(C)CN(C)C2)c1. The average molecular weight is 439 g/mol. The lowest BCUT2D eigenvalue weighted by Gasteiger charge is -2.56. The normalized spacial score (nSPS) is 18.3. The Labute approximate surface area is 180 Å². The number of methoxy groups -OCH3 is 1. The van der Waals surface area contributed by atoms with Crippen molar-refractivity contribution in [3.8, 4) is 5.75 Å².